The Bertz CT molecular complexity index is 168. The maximum absolute atomic E-state index is 3.81. The highest BCUT2D eigenvalue weighted by molar-refractivity contribution is 4.84. The molecule has 0 aromatic carbocycles. The average Bonchev–Trinajstić information content (AvgIpc) is 2.68. The van der Waals surface area contributed by atoms with Gasteiger partial charge < -0.3 is 5.32 Å². The molecule has 1 atom stereocenters. The molecule has 1 N–H and O–H groups in total. The van der Waals surface area contributed by atoms with E-state index in [0.29, 0.717) is 0 Å². The summed E-state index contributed by atoms with van der Waals surface area (Å²) < 4.78 is 0. The lowest BCUT2D eigenvalue weighted by molar-refractivity contribution is 0.223. The molecule has 0 aromatic rings. The van der Waals surface area contributed by atoms with Crippen molar-refractivity contribution in [3.8, 4) is 0 Å². The van der Waals surface area contributed by atoms with Crippen LogP contribution in [0.1, 0.15) is 64.7 Å². The Hall–Kier alpha value is -0.0400. The predicted octanol–water partition coefficient (Wildman–Crippen LogP) is 3.74. The molecule has 2 aliphatic rings. The maximum Gasteiger partial charge on any atom is 0.00979 e. The minimum Gasteiger partial charge on any atom is -0.314 e. The summed E-state index contributed by atoms with van der Waals surface area (Å²) in [6.45, 7) is 3.51. The van der Waals surface area contributed by atoms with Gasteiger partial charge in [0, 0.05) is 6.04 Å². The Morgan fingerprint density at radius 1 is 1.07 bits per heavy atom. The molecule has 0 saturated heterocycles. The SMILES string of the molecule is CCCNC(CC1CCC1)C1CCCC1. The summed E-state index contributed by atoms with van der Waals surface area (Å²) in [4.78, 5) is 0. The number of hydrogen-bond donors (Lipinski definition) is 1. The van der Waals surface area contributed by atoms with Crippen LogP contribution >= 0.6 is 0 Å². The molecule has 0 bridgehead atoms. The number of rotatable bonds is 6. The van der Waals surface area contributed by atoms with Crippen LogP contribution in [0.5, 0.6) is 0 Å². The molecule has 2 fully saturated rings. The van der Waals surface area contributed by atoms with Gasteiger partial charge in [-0.2, -0.15) is 0 Å². The van der Waals surface area contributed by atoms with E-state index in [2.05, 4.69) is 12.2 Å². The van der Waals surface area contributed by atoms with Crippen LogP contribution in [0.2, 0.25) is 0 Å². The van der Waals surface area contributed by atoms with Gasteiger partial charge in [0.2, 0.25) is 0 Å². The molecule has 0 amide bonds. The highest BCUT2D eigenvalue weighted by Crippen LogP contribution is 2.36. The van der Waals surface area contributed by atoms with Crippen molar-refractivity contribution in [3.63, 3.8) is 0 Å². The molecule has 0 aliphatic heterocycles. The van der Waals surface area contributed by atoms with Gasteiger partial charge >= 0.3 is 0 Å². The predicted molar refractivity (Wildman–Crippen MR) is 66.0 cm³/mol. The molecule has 2 rings (SSSR count). The Morgan fingerprint density at radius 2 is 1.80 bits per heavy atom. The molecular weight excluding hydrogens is 182 g/mol. The Labute approximate surface area is 95.0 Å². The van der Waals surface area contributed by atoms with Crippen LogP contribution in [0.15, 0.2) is 0 Å². The zero-order chi connectivity index (χ0) is 10.5. The first-order valence-corrected chi connectivity index (χ1v) is 7.13. The van der Waals surface area contributed by atoms with Gasteiger partial charge in [0.15, 0.2) is 0 Å². The molecule has 1 unspecified atom stereocenters. The molecule has 0 radical (unpaired) electrons. The van der Waals surface area contributed by atoms with Crippen LogP contribution in [0, 0.1) is 11.8 Å². The van der Waals surface area contributed by atoms with Gasteiger partial charge in [0.1, 0.15) is 0 Å². The highest BCUT2D eigenvalue weighted by atomic mass is 14.9. The van der Waals surface area contributed by atoms with Gasteiger partial charge in [-0.05, 0) is 44.1 Å². The second kappa shape index (κ2) is 5.89. The van der Waals surface area contributed by atoms with Gasteiger partial charge in [-0.25, -0.2) is 0 Å². The topological polar surface area (TPSA) is 12.0 Å². The van der Waals surface area contributed by atoms with Crippen LogP contribution in [0.4, 0.5) is 0 Å². The van der Waals surface area contributed by atoms with E-state index in [4.69, 9.17) is 0 Å². The van der Waals surface area contributed by atoms with Gasteiger partial charge in [-0.3, -0.25) is 0 Å². The molecule has 0 heterocycles. The third-order valence-electron chi connectivity index (χ3n) is 4.44. The molecule has 2 aliphatic carbocycles. The Morgan fingerprint density at radius 3 is 2.33 bits per heavy atom. The molecule has 0 spiro atoms. The van der Waals surface area contributed by atoms with Crippen molar-refractivity contribution in [2.24, 2.45) is 11.8 Å². The third kappa shape index (κ3) is 3.21. The largest absolute Gasteiger partial charge is 0.314 e. The van der Waals surface area contributed by atoms with E-state index < -0.39 is 0 Å². The Balaban J connectivity index is 1.77. The first-order valence-electron chi connectivity index (χ1n) is 7.13. The third-order valence-corrected chi connectivity index (χ3v) is 4.44. The second-order valence-electron chi connectivity index (χ2n) is 5.64. The van der Waals surface area contributed by atoms with Crippen molar-refractivity contribution < 1.29 is 0 Å². The fourth-order valence-electron chi connectivity index (χ4n) is 3.22. The number of nitrogens with one attached hydrogen (secondary N) is 1. The standard InChI is InChI=1S/C14H27N/c1-2-10-15-14(11-12-6-5-7-12)13-8-3-4-9-13/h12-15H,2-11H2,1H3. The molecule has 1 nitrogen and oxygen atoms in total. The van der Waals surface area contributed by atoms with E-state index in [0.717, 1.165) is 17.9 Å². The normalized spacial score (nSPS) is 25.4. The second-order valence-corrected chi connectivity index (χ2v) is 5.64. The summed E-state index contributed by atoms with van der Waals surface area (Å²) in [6.07, 6.45) is 13.2. The van der Waals surface area contributed by atoms with Crippen LogP contribution < -0.4 is 5.32 Å². The lowest BCUT2D eigenvalue weighted by atomic mass is 9.78. The molecule has 15 heavy (non-hydrogen) atoms. The molecular formula is C14H27N. The van der Waals surface area contributed by atoms with Crippen molar-refractivity contribution in [1.29, 1.82) is 0 Å². The summed E-state index contributed by atoms with van der Waals surface area (Å²) >= 11 is 0. The van der Waals surface area contributed by atoms with Crippen molar-refractivity contribution in [1.82, 2.24) is 5.32 Å². The zero-order valence-electron chi connectivity index (χ0n) is 10.3. The fourth-order valence-corrected chi connectivity index (χ4v) is 3.22. The van der Waals surface area contributed by atoms with Crippen molar-refractivity contribution >= 4 is 0 Å². The van der Waals surface area contributed by atoms with Crippen LogP contribution in [-0.4, -0.2) is 12.6 Å². The smallest absolute Gasteiger partial charge is 0.00979 e. The summed E-state index contributed by atoms with van der Waals surface area (Å²) in [5.74, 6) is 2.08. The fraction of sp³-hybridized carbons (Fsp3) is 1.00. The lowest BCUT2D eigenvalue weighted by Gasteiger charge is -2.33. The zero-order valence-corrected chi connectivity index (χ0v) is 10.3. The summed E-state index contributed by atoms with van der Waals surface area (Å²) in [6, 6.07) is 0.859. The van der Waals surface area contributed by atoms with Gasteiger partial charge in [-0.15, -0.1) is 0 Å². The molecule has 88 valence electrons. The van der Waals surface area contributed by atoms with Crippen LogP contribution in [0.25, 0.3) is 0 Å². The van der Waals surface area contributed by atoms with Crippen molar-refractivity contribution in [2.45, 2.75) is 70.8 Å². The minimum atomic E-state index is 0.859. The molecule has 2 saturated carbocycles. The maximum atomic E-state index is 3.81. The van der Waals surface area contributed by atoms with Crippen molar-refractivity contribution in [2.75, 3.05) is 6.54 Å². The van der Waals surface area contributed by atoms with Gasteiger partial charge in [0.05, 0.1) is 0 Å². The monoisotopic (exact) mass is 209 g/mol. The highest BCUT2D eigenvalue weighted by Gasteiger charge is 2.28. The summed E-state index contributed by atoms with van der Waals surface area (Å²) in [5, 5.41) is 3.81. The van der Waals surface area contributed by atoms with E-state index in [1.807, 2.05) is 0 Å². The van der Waals surface area contributed by atoms with E-state index in [9.17, 15) is 0 Å². The summed E-state index contributed by atoms with van der Waals surface area (Å²) in [5.41, 5.74) is 0. The first-order chi connectivity index (χ1) is 7.40. The van der Waals surface area contributed by atoms with Crippen molar-refractivity contribution in [3.05, 3.63) is 0 Å². The minimum absolute atomic E-state index is 0.859. The van der Waals surface area contributed by atoms with E-state index >= 15 is 0 Å². The van der Waals surface area contributed by atoms with E-state index in [1.54, 1.807) is 0 Å². The average molecular weight is 209 g/mol. The van der Waals surface area contributed by atoms with E-state index in [1.165, 1.54) is 64.3 Å². The molecule has 0 aromatic heterocycles. The van der Waals surface area contributed by atoms with Gasteiger partial charge in [-0.1, -0.05) is 39.0 Å². The van der Waals surface area contributed by atoms with E-state index in [-0.39, 0.29) is 0 Å². The summed E-state index contributed by atoms with van der Waals surface area (Å²) in [7, 11) is 0. The number of hydrogen-bond acceptors (Lipinski definition) is 1. The molecule has 1 heteroatoms. The van der Waals surface area contributed by atoms with Gasteiger partial charge in [0.25, 0.3) is 0 Å². The first kappa shape index (κ1) is 11.4. The lowest BCUT2D eigenvalue weighted by Crippen LogP contribution is -2.38. The van der Waals surface area contributed by atoms with Crippen LogP contribution in [-0.2, 0) is 0 Å². The Kier molecular flexibility index (Phi) is 4.49. The quantitative estimate of drug-likeness (QED) is 0.703. The van der Waals surface area contributed by atoms with Crippen LogP contribution in [0.3, 0.4) is 0 Å².